The fourth-order valence-corrected chi connectivity index (χ4v) is 2.03. The molecule has 15 heavy (non-hydrogen) atoms. The summed E-state index contributed by atoms with van der Waals surface area (Å²) in [5.74, 6) is 1.10. The summed E-state index contributed by atoms with van der Waals surface area (Å²) in [6.07, 6.45) is 4.09. The second-order valence-electron chi connectivity index (χ2n) is 3.68. The van der Waals surface area contributed by atoms with Gasteiger partial charge in [0.25, 0.3) is 0 Å². The molecule has 0 heterocycles. The summed E-state index contributed by atoms with van der Waals surface area (Å²) >= 11 is 0. The summed E-state index contributed by atoms with van der Waals surface area (Å²) in [5.41, 5.74) is 4.01. The highest BCUT2D eigenvalue weighted by Crippen LogP contribution is 2.27. The molecular weight excluding hydrogens is 186 g/mol. The van der Waals surface area contributed by atoms with Crippen LogP contribution in [-0.4, -0.2) is 13.7 Å². The monoisotopic (exact) mass is 203 g/mol. The summed E-state index contributed by atoms with van der Waals surface area (Å²) in [7, 11) is 1.97. The Morgan fingerprint density at radius 2 is 2.27 bits per heavy atom. The molecule has 2 nitrogen and oxygen atoms in total. The van der Waals surface area contributed by atoms with E-state index in [1.807, 2.05) is 14.0 Å². The molecule has 0 unspecified atom stereocenters. The van der Waals surface area contributed by atoms with Gasteiger partial charge in [-0.2, -0.15) is 0 Å². The van der Waals surface area contributed by atoms with Gasteiger partial charge < -0.3 is 10.1 Å². The second kappa shape index (κ2) is 4.39. The van der Waals surface area contributed by atoms with E-state index in [0.29, 0.717) is 0 Å². The van der Waals surface area contributed by atoms with Crippen molar-refractivity contribution in [2.45, 2.75) is 19.8 Å². The highest BCUT2D eigenvalue weighted by Gasteiger charge is 2.14. The van der Waals surface area contributed by atoms with Gasteiger partial charge in [0.2, 0.25) is 0 Å². The Bertz CT molecular complexity index is 382. The van der Waals surface area contributed by atoms with Crippen LogP contribution in [0, 0.1) is 0 Å². The number of anilines is 1. The highest BCUT2D eigenvalue weighted by molar-refractivity contribution is 5.57. The molecule has 0 aliphatic heterocycles. The SMILES string of the molecule is CCOC1=CCc2cccc(NC)c2C1. The first kappa shape index (κ1) is 10.1. The molecule has 0 atom stereocenters. The lowest BCUT2D eigenvalue weighted by Crippen LogP contribution is -2.08. The van der Waals surface area contributed by atoms with Crippen molar-refractivity contribution in [1.29, 1.82) is 0 Å². The second-order valence-corrected chi connectivity index (χ2v) is 3.68. The predicted octanol–water partition coefficient (Wildman–Crippen LogP) is 2.75. The summed E-state index contributed by atoms with van der Waals surface area (Å²) in [6.45, 7) is 2.78. The minimum atomic E-state index is 0.753. The fraction of sp³-hybridized carbons (Fsp3) is 0.385. The molecule has 1 aliphatic carbocycles. The number of ether oxygens (including phenoxy) is 1. The number of fused-ring (bicyclic) bond motifs is 1. The van der Waals surface area contributed by atoms with Crippen molar-refractivity contribution in [2.75, 3.05) is 19.0 Å². The van der Waals surface area contributed by atoms with Gasteiger partial charge in [0, 0.05) is 19.2 Å². The summed E-state index contributed by atoms with van der Waals surface area (Å²) in [4.78, 5) is 0. The van der Waals surface area contributed by atoms with E-state index in [0.717, 1.165) is 25.2 Å². The van der Waals surface area contributed by atoms with Crippen molar-refractivity contribution < 1.29 is 4.74 Å². The van der Waals surface area contributed by atoms with Gasteiger partial charge in [0.1, 0.15) is 0 Å². The number of nitrogens with one attached hydrogen (secondary N) is 1. The Balaban J connectivity index is 2.28. The number of hydrogen-bond acceptors (Lipinski definition) is 2. The van der Waals surface area contributed by atoms with Crippen LogP contribution in [0.2, 0.25) is 0 Å². The first-order valence-corrected chi connectivity index (χ1v) is 5.45. The Morgan fingerprint density at radius 3 is 3.00 bits per heavy atom. The molecule has 1 aliphatic rings. The Hall–Kier alpha value is -1.44. The van der Waals surface area contributed by atoms with Crippen LogP contribution >= 0.6 is 0 Å². The average molecular weight is 203 g/mol. The van der Waals surface area contributed by atoms with E-state index in [1.165, 1.54) is 16.8 Å². The number of rotatable bonds is 3. The van der Waals surface area contributed by atoms with Gasteiger partial charge >= 0.3 is 0 Å². The predicted molar refractivity (Wildman–Crippen MR) is 63.1 cm³/mol. The van der Waals surface area contributed by atoms with Crippen molar-refractivity contribution in [3.05, 3.63) is 41.2 Å². The van der Waals surface area contributed by atoms with E-state index in [-0.39, 0.29) is 0 Å². The molecule has 0 fully saturated rings. The maximum absolute atomic E-state index is 5.57. The number of hydrogen-bond donors (Lipinski definition) is 1. The van der Waals surface area contributed by atoms with Crippen LogP contribution in [0.4, 0.5) is 5.69 Å². The lowest BCUT2D eigenvalue weighted by Gasteiger charge is -2.20. The van der Waals surface area contributed by atoms with Crippen molar-refractivity contribution >= 4 is 5.69 Å². The van der Waals surface area contributed by atoms with Gasteiger partial charge in [0.05, 0.1) is 12.4 Å². The topological polar surface area (TPSA) is 21.3 Å². The largest absolute Gasteiger partial charge is 0.498 e. The number of allylic oxidation sites excluding steroid dienone is 2. The Labute approximate surface area is 91.0 Å². The molecular formula is C13H17NO. The van der Waals surface area contributed by atoms with Gasteiger partial charge in [-0.25, -0.2) is 0 Å². The fourth-order valence-electron chi connectivity index (χ4n) is 2.03. The molecule has 0 amide bonds. The molecule has 0 spiro atoms. The van der Waals surface area contributed by atoms with Crippen LogP contribution in [0.25, 0.3) is 0 Å². The Kier molecular flexibility index (Phi) is 2.95. The molecule has 1 aromatic rings. The van der Waals surface area contributed by atoms with E-state index in [2.05, 4.69) is 29.6 Å². The number of benzene rings is 1. The van der Waals surface area contributed by atoms with E-state index in [4.69, 9.17) is 4.74 Å². The minimum absolute atomic E-state index is 0.753. The summed E-state index contributed by atoms with van der Waals surface area (Å²) in [6, 6.07) is 6.41. The third-order valence-electron chi connectivity index (χ3n) is 2.77. The van der Waals surface area contributed by atoms with Crippen molar-refractivity contribution in [3.8, 4) is 0 Å². The van der Waals surface area contributed by atoms with Gasteiger partial charge in [-0.15, -0.1) is 0 Å². The van der Waals surface area contributed by atoms with Gasteiger partial charge in [-0.05, 0) is 36.6 Å². The molecule has 1 aromatic carbocycles. The van der Waals surface area contributed by atoms with Gasteiger partial charge in [-0.1, -0.05) is 12.1 Å². The van der Waals surface area contributed by atoms with Crippen LogP contribution in [-0.2, 0) is 17.6 Å². The third-order valence-corrected chi connectivity index (χ3v) is 2.77. The first-order chi connectivity index (χ1) is 7.35. The quantitative estimate of drug-likeness (QED) is 0.815. The van der Waals surface area contributed by atoms with Crippen LogP contribution in [0.1, 0.15) is 18.1 Å². The average Bonchev–Trinajstić information content (AvgIpc) is 2.28. The van der Waals surface area contributed by atoms with Crippen molar-refractivity contribution in [2.24, 2.45) is 0 Å². The normalized spacial score (nSPS) is 14.1. The van der Waals surface area contributed by atoms with Crippen molar-refractivity contribution in [1.82, 2.24) is 0 Å². The Morgan fingerprint density at radius 1 is 1.40 bits per heavy atom. The molecule has 0 saturated carbocycles. The zero-order valence-corrected chi connectivity index (χ0v) is 9.34. The van der Waals surface area contributed by atoms with E-state index >= 15 is 0 Å². The van der Waals surface area contributed by atoms with E-state index in [1.54, 1.807) is 0 Å². The zero-order valence-electron chi connectivity index (χ0n) is 9.34. The maximum Gasteiger partial charge on any atom is 0.0967 e. The standard InChI is InChI=1S/C13H17NO/c1-3-15-11-8-7-10-5-4-6-13(14-2)12(10)9-11/h4-6,8,14H,3,7,9H2,1-2H3. The lowest BCUT2D eigenvalue weighted by molar-refractivity contribution is 0.220. The smallest absolute Gasteiger partial charge is 0.0967 e. The molecule has 2 rings (SSSR count). The minimum Gasteiger partial charge on any atom is -0.498 e. The molecule has 0 aromatic heterocycles. The van der Waals surface area contributed by atoms with Crippen LogP contribution in [0.15, 0.2) is 30.0 Å². The van der Waals surface area contributed by atoms with E-state index in [9.17, 15) is 0 Å². The molecule has 0 bridgehead atoms. The molecule has 0 radical (unpaired) electrons. The van der Waals surface area contributed by atoms with E-state index < -0.39 is 0 Å². The highest BCUT2D eigenvalue weighted by atomic mass is 16.5. The molecule has 0 saturated heterocycles. The molecule has 2 heteroatoms. The molecule has 80 valence electrons. The van der Waals surface area contributed by atoms with Gasteiger partial charge in [-0.3, -0.25) is 0 Å². The first-order valence-electron chi connectivity index (χ1n) is 5.45. The summed E-state index contributed by atoms with van der Waals surface area (Å²) in [5, 5.41) is 3.23. The lowest BCUT2D eigenvalue weighted by atomic mass is 9.94. The third kappa shape index (κ3) is 1.99. The van der Waals surface area contributed by atoms with Crippen LogP contribution in [0.5, 0.6) is 0 Å². The van der Waals surface area contributed by atoms with Crippen LogP contribution in [0.3, 0.4) is 0 Å². The van der Waals surface area contributed by atoms with Crippen LogP contribution < -0.4 is 5.32 Å². The van der Waals surface area contributed by atoms with Crippen molar-refractivity contribution in [3.63, 3.8) is 0 Å². The summed E-state index contributed by atoms with van der Waals surface area (Å²) < 4.78 is 5.57. The zero-order chi connectivity index (χ0) is 10.7. The molecule has 1 N–H and O–H groups in total. The maximum atomic E-state index is 5.57. The van der Waals surface area contributed by atoms with Gasteiger partial charge in [0.15, 0.2) is 0 Å².